The van der Waals surface area contributed by atoms with Crippen LogP contribution in [-0.4, -0.2) is 4.98 Å². The van der Waals surface area contributed by atoms with E-state index in [0.717, 1.165) is 24.3 Å². The number of halogens is 1. The lowest BCUT2D eigenvalue weighted by atomic mass is 10.2. The molecule has 3 heteroatoms. The van der Waals surface area contributed by atoms with Crippen molar-refractivity contribution in [3.05, 3.63) is 65.7 Å². The summed E-state index contributed by atoms with van der Waals surface area (Å²) in [7, 11) is 0. The smallest absolute Gasteiger partial charge is 0.123 e. The van der Waals surface area contributed by atoms with Gasteiger partial charge in [-0.2, -0.15) is 0 Å². The van der Waals surface area contributed by atoms with Crippen molar-refractivity contribution in [3.63, 3.8) is 0 Å². The molecule has 82 valence electrons. The topological polar surface area (TPSA) is 29.5 Å². The van der Waals surface area contributed by atoms with Crippen LogP contribution < -0.4 is 5.32 Å². The lowest BCUT2D eigenvalue weighted by Crippen LogP contribution is -2.80. The third-order valence-electron chi connectivity index (χ3n) is 2.37. The van der Waals surface area contributed by atoms with E-state index in [1.54, 1.807) is 6.20 Å². The highest BCUT2D eigenvalue weighted by Crippen LogP contribution is 2.00. The van der Waals surface area contributed by atoms with Crippen molar-refractivity contribution in [1.82, 2.24) is 4.98 Å². The van der Waals surface area contributed by atoms with Gasteiger partial charge in [-0.15, -0.1) is 0 Å². The Morgan fingerprint density at radius 3 is 2.50 bits per heavy atom. The maximum Gasteiger partial charge on any atom is 0.123 e. The van der Waals surface area contributed by atoms with E-state index in [1.807, 2.05) is 30.3 Å². The maximum absolute atomic E-state index is 12.7. The van der Waals surface area contributed by atoms with Gasteiger partial charge in [0.25, 0.3) is 0 Å². The van der Waals surface area contributed by atoms with Crippen LogP contribution in [0.2, 0.25) is 0 Å². The van der Waals surface area contributed by atoms with Crippen molar-refractivity contribution in [3.8, 4) is 0 Å². The molecule has 0 bridgehead atoms. The van der Waals surface area contributed by atoms with E-state index in [9.17, 15) is 4.39 Å². The van der Waals surface area contributed by atoms with Crippen LogP contribution >= 0.6 is 0 Å². The zero-order valence-electron chi connectivity index (χ0n) is 8.94. The Morgan fingerprint density at radius 1 is 1.00 bits per heavy atom. The first-order chi connectivity index (χ1) is 7.84. The zero-order valence-corrected chi connectivity index (χ0v) is 8.94. The fourth-order valence-corrected chi connectivity index (χ4v) is 1.53. The summed E-state index contributed by atoms with van der Waals surface area (Å²) >= 11 is 0. The van der Waals surface area contributed by atoms with E-state index in [2.05, 4.69) is 10.3 Å². The second-order valence-electron chi connectivity index (χ2n) is 3.64. The Morgan fingerprint density at radius 2 is 1.81 bits per heavy atom. The van der Waals surface area contributed by atoms with Gasteiger partial charge in [0, 0.05) is 11.8 Å². The first kappa shape index (κ1) is 10.8. The monoisotopic (exact) mass is 217 g/mol. The van der Waals surface area contributed by atoms with E-state index in [-0.39, 0.29) is 5.82 Å². The second kappa shape index (κ2) is 5.37. The van der Waals surface area contributed by atoms with E-state index in [1.165, 1.54) is 12.1 Å². The third kappa shape index (κ3) is 3.14. The molecule has 2 N–H and O–H groups in total. The summed E-state index contributed by atoms with van der Waals surface area (Å²) < 4.78 is 12.7. The van der Waals surface area contributed by atoms with Crippen molar-refractivity contribution in [2.45, 2.75) is 13.1 Å². The van der Waals surface area contributed by atoms with Crippen molar-refractivity contribution in [2.24, 2.45) is 0 Å². The number of hydrogen-bond acceptors (Lipinski definition) is 1. The molecule has 0 aliphatic carbocycles. The van der Waals surface area contributed by atoms with Gasteiger partial charge in [0.1, 0.15) is 18.9 Å². The molecule has 1 heterocycles. The lowest BCUT2D eigenvalue weighted by molar-refractivity contribution is -0.686. The molecule has 1 aromatic heterocycles. The van der Waals surface area contributed by atoms with Crippen LogP contribution in [0.5, 0.6) is 0 Å². The Bertz CT molecular complexity index is 425. The molecule has 0 saturated carbocycles. The predicted molar refractivity (Wildman–Crippen MR) is 60.0 cm³/mol. The molecule has 0 spiro atoms. The lowest BCUT2D eigenvalue weighted by Gasteiger charge is -2.01. The van der Waals surface area contributed by atoms with Crippen LogP contribution in [-0.2, 0) is 13.1 Å². The van der Waals surface area contributed by atoms with Gasteiger partial charge in [-0.3, -0.25) is 4.98 Å². The summed E-state index contributed by atoms with van der Waals surface area (Å²) in [5.41, 5.74) is 2.18. The molecule has 0 aliphatic rings. The first-order valence-electron chi connectivity index (χ1n) is 5.30. The predicted octanol–water partition coefficient (Wildman–Crippen LogP) is 1.48. The van der Waals surface area contributed by atoms with Crippen molar-refractivity contribution < 1.29 is 9.71 Å². The fraction of sp³-hybridized carbons (Fsp3) is 0.154. The van der Waals surface area contributed by atoms with Gasteiger partial charge in [-0.05, 0) is 24.3 Å². The van der Waals surface area contributed by atoms with Gasteiger partial charge >= 0.3 is 0 Å². The summed E-state index contributed by atoms with van der Waals surface area (Å²) in [5, 5.41) is 2.15. The summed E-state index contributed by atoms with van der Waals surface area (Å²) in [6, 6.07) is 12.5. The molecule has 2 aromatic rings. The molecule has 0 unspecified atom stereocenters. The molecular weight excluding hydrogens is 203 g/mol. The largest absolute Gasteiger partial charge is 0.337 e. The molecule has 1 aromatic carbocycles. The van der Waals surface area contributed by atoms with Gasteiger partial charge < -0.3 is 5.32 Å². The summed E-state index contributed by atoms with van der Waals surface area (Å²) in [6.45, 7) is 1.69. The third-order valence-corrected chi connectivity index (χ3v) is 2.37. The number of nitrogens with zero attached hydrogens (tertiary/aromatic N) is 1. The summed E-state index contributed by atoms with van der Waals surface area (Å²) in [6.07, 6.45) is 1.79. The van der Waals surface area contributed by atoms with Crippen LogP contribution in [0, 0.1) is 5.82 Å². The SMILES string of the molecule is Fc1ccc(C[NH2+]Cc2ccccn2)cc1. The van der Waals surface area contributed by atoms with E-state index in [0.29, 0.717) is 0 Å². The average molecular weight is 217 g/mol. The minimum atomic E-state index is -0.187. The molecule has 0 amide bonds. The van der Waals surface area contributed by atoms with Crippen LogP contribution in [0.4, 0.5) is 4.39 Å². The number of aromatic nitrogens is 1. The highest BCUT2D eigenvalue weighted by molar-refractivity contribution is 5.14. The van der Waals surface area contributed by atoms with Gasteiger partial charge in [-0.1, -0.05) is 18.2 Å². The Balaban J connectivity index is 1.82. The van der Waals surface area contributed by atoms with Crippen molar-refractivity contribution >= 4 is 0 Å². The highest BCUT2D eigenvalue weighted by Gasteiger charge is 1.98. The van der Waals surface area contributed by atoms with Crippen LogP contribution in [0.1, 0.15) is 11.3 Å². The van der Waals surface area contributed by atoms with Gasteiger partial charge in [0.2, 0.25) is 0 Å². The van der Waals surface area contributed by atoms with Crippen molar-refractivity contribution in [2.75, 3.05) is 0 Å². The van der Waals surface area contributed by atoms with Crippen LogP contribution in [0.25, 0.3) is 0 Å². The Labute approximate surface area is 94.2 Å². The summed E-state index contributed by atoms with van der Waals surface area (Å²) in [5.74, 6) is -0.187. The first-order valence-corrected chi connectivity index (χ1v) is 5.30. The van der Waals surface area contributed by atoms with Gasteiger partial charge in [0.05, 0.1) is 5.69 Å². The number of pyridine rings is 1. The Kier molecular flexibility index (Phi) is 3.62. The average Bonchev–Trinajstić information content (AvgIpc) is 2.33. The second-order valence-corrected chi connectivity index (χ2v) is 3.64. The standard InChI is InChI=1S/C13H13FN2/c14-12-6-4-11(5-7-12)9-15-10-13-3-1-2-8-16-13/h1-8,15H,9-10H2/p+1. The number of nitrogens with two attached hydrogens (primary N) is 1. The van der Waals surface area contributed by atoms with Gasteiger partial charge in [-0.25, -0.2) is 4.39 Å². The van der Waals surface area contributed by atoms with E-state index in [4.69, 9.17) is 0 Å². The molecule has 2 rings (SSSR count). The molecule has 0 atom stereocenters. The molecule has 0 saturated heterocycles. The number of hydrogen-bond donors (Lipinski definition) is 1. The van der Waals surface area contributed by atoms with Crippen molar-refractivity contribution in [1.29, 1.82) is 0 Å². The van der Waals surface area contributed by atoms with E-state index >= 15 is 0 Å². The fourth-order valence-electron chi connectivity index (χ4n) is 1.53. The van der Waals surface area contributed by atoms with Crippen LogP contribution in [0.15, 0.2) is 48.7 Å². The maximum atomic E-state index is 12.7. The quantitative estimate of drug-likeness (QED) is 0.826. The Hall–Kier alpha value is -1.74. The molecular formula is C13H14FN2+. The molecule has 16 heavy (non-hydrogen) atoms. The molecule has 0 radical (unpaired) electrons. The van der Waals surface area contributed by atoms with E-state index < -0.39 is 0 Å². The summed E-state index contributed by atoms with van der Waals surface area (Å²) in [4.78, 5) is 4.23. The number of rotatable bonds is 4. The van der Waals surface area contributed by atoms with Gasteiger partial charge in [0.15, 0.2) is 0 Å². The molecule has 0 fully saturated rings. The molecule has 2 nitrogen and oxygen atoms in total. The number of benzene rings is 1. The normalized spacial score (nSPS) is 10.3. The minimum Gasteiger partial charge on any atom is -0.337 e. The number of quaternary nitrogens is 1. The zero-order chi connectivity index (χ0) is 11.2. The highest BCUT2D eigenvalue weighted by atomic mass is 19.1. The van der Waals surface area contributed by atoms with Crippen LogP contribution in [0.3, 0.4) is 0 Å². The minimum absolute atomic E-state index is 0.187. The molecule has 0 aliphatic heterocycles.